The summed E-state index contributed by atoms with van der Waals surface area (Å²) in [5.74, 6) is -0.148. The van der Waals surface area contributed by atoms with Gasteiger partial charge in [-0.1, -0.05) is 12.8 Å². The van der Waals surface area contributed by atoms with Crippen LogP contribution in [0.3, 0.4) is 0 Å². The zero-order chi connectivity index (χ0) is 19.0. The van der Waals surface area contributed by atoms with Crippen LogP contribution in [0.4, 0.5) is 11.4 Å². The van der Waals surface area contributed by atoms with E-state index in [2.05, 4.69) is 9.80 Å². The Morgan fingerprint density at radius 1 is 0.926 bits per heavy atom. The highest BCUT2D eigenvalue weighted by Gasteiger charge is 2.48. The first-order valence-electron chi connectivity index (χ1n) is 9.61. The Kier molecular flexibility index (Phi) is 4.82. The average molecular weight is 372 g/mol. The zero-order valence-electron chi connectivity index (χ0n) is 15.2. The quantitative estimate of drug-likeness (QED) is 0.455. The molecule has 1 aliphatic carbocycles. The first kappa shape index (κ1) is 17.9. The minimum atomic E-state index is -0.399. The third-order valence-electron chi connectivity index (χ3n) is 6.07. The molecule has 3 aliphatic rings. The number of nitro groups is 1. The predicted octanol–water partition coefficient (Wildman–Crippen LogP) is 1.85. The van der Waals surface area contributed by atoms with Gasteiger partial charge < -0.3 is 4.90 Å². The number of nitrogens with zero attached hydrogens (tertiary/aromatic N) is 4. The largest absolute Gasteiger partial charge is 0.369 e. The Labute approximate surface area is 157 Å². The molecule has 0 N–H and O–H groups in total. The van der Waals surface area contributed by atoms with Crippen molar-refractivity contribution >= 4 is 23.2 Å². The zero-order valence-corrected chi connectivity index (χ0v) is 15.2. The van der Waals surface area contributed by atoms with E-state index in [9.17, 15) is 19.7 Å². The molecular weight excluding hydrogens is 348 g/mol. The van der Waals surface area contributed by atoms with Crippen LogP contribution in [0.15, 0.2) is 24.3 Å². The lowest BCUT2D eigenvalue weighted by Gasteiger charge is -2.37. The maximum atomic E-state index is 12.6. The molecule has 0 bridgehead atoms. The van der Waals surface area contributed by atoms with Crippen LogP contribution in [0.1, 0.15) is 25.7 Å². The van der Waals surface area contributed by atoms with Gasteiger partial charge in [-0.25, -0.2) is 0 Å². The minimum absolute atomic E-state index is 0.0162. The van der Waals surface area contributed by atoms with Gasteiger partial charge in [0.15, 0.2) is 0 Å². The lowest BCUT2D eigenvalue weighted by Crippen LogP contribution is -2.51. The van der Waals surface area contributed by atoms with Gasteiger partial charge in [-0.05, 0) is 25.0 Å². The van der Waals surface area contributed by atoms with Crippen molar-refractivity contribution in [1.29, 1.82) is 0 Å². The summed E-state index contributed by atoms with van der Waals surface area (Å²) in [6.45, 7) is 3.42. The van der Waals surface area contributed by atoms with Crippen LogP contribution in [0, 0.1) is 22.0 Å². The molecular formula is C19H24N4O4. The number of piperazine rings is 1. The first-order chi connectivity index (χ1) is 13.0. The van der Waals surface area contributed by atoms with E-state index in [1.807, 2.05) is 0 Å². The Morgan fingerprint density at radius 2 is 1.48 bits per heavy atom. The van der Waals surface area contributed by atoms with E-state index in [4.69, 9.17) is 0 Å². The van der Waals surface area contributed by atoms with Gasteiger partial charge in [0, 0.05) is 44.0 Å². The fourth-order valence-corrected chi connectivity index (χ4v) is 4.50. The number of benzene rings is 1. The summed E-state index contributed by atoms with van der Waals surface area (Å²) < 4.78 is 0. The first-order valence-corrected chi connectivity index (χ1v) is 9.61. The molecule has 2 atom stereocenters. The second-order valence-corrected chi connectivity index (χ2v) is 7.62. The molecule has 8 nitrogen and oxygen atoms in total. The van der Waals surface area contributed by atoms with Gasteiger partial charge in [-0.3, -0.25) is 29.5 Å². The minimum Gasteiger partial charge on any atom is -0.369 e. The van der Waals surface area contributed by atoms with E-state index in [0.717, 1.165) is 57.5 Å². The number of fused-ring (bicyclic) bond motifs is 1. The van der Waals surface area contributed by atoms with Crippen LogP contribution in [0.25, 0.3) is 0 Å². The van der Waals surface area contributed by atoms with E-state index in [1.165, 1.54) is 17.0 Å². The van der Waals surface area contributed by atoms with Gasteiger partial charge in [0.25, 0.3) is 5.69 Å². The summed E-state index contributed by atoms with van der Waals surface area (Å²) in [5.41, 5.74) is 1.05. The summed E-state index contributed by atoms with van der Waals surface area (Å²) in [4.78, 5) is 41.4. The Balaban J connectivity index is 1.33. The standard InChI is InChI=1S/C19H24N4O4/c24-18-16-3-1-2-4-17(16)19(25)22(18)13-20-9-11-21(12-10-20)14-5-7-15(8-6-14)23(26)27/h5-8,16-17H,1-4,9-13H2/t16-,17-/m0/s1. The third-order valence-corrected chi connectivity index (χ3v) is 6.07. The van der Waals surface area contributed by atoms with Crippen molar-refractivity contribution < 1.29 is 14.5 Å². The van der Waals surface area contributed by atoms with Gasteiger partial charge >= 0.3 is 0 Å². The van der Waals surface area contributed by atoms with Gasteiger partial charge in [0.2, 0.25) is 11.8 Å². The summed E-state index contributed by atoms with van der Waals surface area (Å²) >= 11 is 0. The molecule has 0 aromatic heterocycles. The number of amides is 2. The van der Waals surface area contributed by atoms with Crippen molar-refractivity contribution in [1.82, 2.24) is 9.80 Å². The second kappa shape index (κ2) is 7.26. The van der Waals surface area contributed by atoms with Gasteiger partial charge in [0.05, 0.1) is 23.4 Å². The SMILES string of the molecule is O=C1[C@H]2CCCC[C@@H]2C(=O)N1CN1CCN(c2ccc([N+](=O)[O-])cc2)CC1. The molecule has 1 aromatic rings. The fourth-order valence-electron chi connectivity index (χ4n) is 4.50. The highest BCUT2D eigenvalue weighted by Crippen LogP contribution is 2.38. The molecule has 0 spiro atoms. The molecule has 27 heavy (non-hydrogen) atoms. The van der Waals surface area contributed by atoms with Crippen LogP contribution < -0.4 is 4.90 Å². The number of rotatable bonds is 4. The number of carbonyl (C=O) groups is 2. The molecule has 144 valence electrons. The Bertz CT molecular complexity index is 719. The maximum absolute atomic E-state index is 12.6. The number of hydrogen-bond donors (Lipinski definition) is 0. The van der Waals surface area contributed by atoms with Crippen molar-refractivity contribution in [2.24, 2.45) is 11.8 Å². The van der Waals surface area contributed by atoms with E-state index in [1.54, 1.807) is 12.1 Å². The highest BCUT2D eigenvalue weighted by atomic mass is 16.6. The van der Waals surface area contributed by atoms with Crippen molar-refractivity contribution in [3.8, 4) is 0 Å². The number of non-ortho nitro benzene ring substituents is 1. The molecule has 1 saturated carbocycles. The number of likely N-dealkylation sites (tertiary alicyclic amines) is 1. The van der Waals surface area contributed by atoms with Crippen LogP contribution in [-0.4, -0.2) is 59.4 Å². The summed E-state index contributed by atoms with van der Waals surface area (Å²) in [6, 6.07) is 6.58. The van der Waals surface area contributed by atoms with Crippen molar-refractivity contribution in [3.05, 3.63) is 34.4 Å². The monoisotopic (exact) mass is 372 g/mol. The van der Waals surface area contributed by atoms with E-state index < -0.39 is 4.92 Å². The molecule has 8 heteroatoms. The molecule has 2 aliphatic heterocycles. The number of imide groups is 1. The van der Waals surface area contributed by atoms with Gasteiger partial charge in [-0.2, -0.15) is 0 Å². The number of hydrogen-bond acceptors (Lipinski definition) is 6. The van der Waals surface area contributed by atoms with Crippen LogP contribution in [0.2, 0.25) is 0 Å². The number of carbonyl (C=O) groups excluding carboxylic acids is 2. The average Bonchev–Trinajstić information content (AvgIpc) is 2.94. The Hall–Kier alpha value is -2.48. The summed E-state index contributed by atoms with van der Waals surface area (Å²) in [5, 5.41) is 10.8. The van der Waals surface area contributed by atoms with Gasteiger partial charge in [-0.15, -0.1) is 0 Å². The van der Waals surface area contributed by atoms with E-state index in [-0.39, 0.29) is 29.3 Å². The number of nitro benzene ring substituents is 1. The summed E-state index contributed by atoms with van der Waals surface area (Å²) in [6.07, 6.45) is 3.78. The molecule has 2 saturated heterocycles. The predicted molar refractivity (Wildman–Crippen MR) is 99.1 cm³/mol. The van der Waals surface area contributed by atoms with E-state index >= 15 is 0 Å². The lowest BCUT2D eigenvalue weighted by atomic mass is 9.81. The number of anilines is 1. The maximum Gasteiger partial charge on any atom is 0.269 e. The normalized spacial score (nSPS) is 26.4. The van der Waals surface area contributed by atoms with Crippen molar-refractivity contribution in [3.63, 3.8) is 0 Å². The molecule has 4 rings (SSSR count). The lowest BCUT2D eigenvalue weighted by molar-refractivity contribution is -0.384. The molecule has 2 amide bonds. The van der Waals surface area contributed by atoms with Crippen LogP contribution >= 0.6 is 0 Å². The molecule has 0 unspecified atom stereocenters. The molecule has 1 aromatic carbocycles. The van der Waals surface area contributed by atoms with Crippen molar-refractivity contribution in [2.45, 2.75) is 25.7 Å². The van der Waals surface area contributed by atoms with E-state index in [0.29, 0.717) is 6.67 Å². The third kappa shape index (κ3) is 3.41. The van der Waals surface area contributed by atoms with Crippen LogP contribution in [0.5, 0.6) is 0 Å². The fraction of sp³-hybridized carbons (Fsp3) is 0.579. The molecule has 2 heterocycles. The highest BCUT2D eigenvalue weighted by molar-refractivity contribution is 6.05. The molecule has 3 fully saturated rings. The second-order valence-electron chi connectivity index (χ2n) is 7.62. The smallest absolute Gasteiger partial charge is 0.269 e. The van der Waals surface area contributed by atoms with Gasteiger partial charge in [0.1, 0.15) is 0 Å². The topological polar surface area (TPSA) is 87.0 Å². The summed E-state index contributed by atoms with van der Waals surface area (Å²) in [7, 11) is 0. The van der Waals surface area contributed by atoms with Crippen molar-refractivity contribution in [2.75, 3.05) is 37.7 Å². The Morgan fingerprint density at radius 3 is 2.00 bits per heavy atom. The van der Waals surface area contributed by atoms with Crippen LogP contribution in [-0.2, 0) is 9.59 Å². The molecule has 0 radical (unpaired) electrons.